The molecular weight excluding hydrogens is 471 g/mol. The third kappa shape index (κ3) is 3.02. The molecule has 0 radical (unpaired) electrons. The van der Waals surface area contributed by atoms with Crippen LogP contribution in [0.2, 0.25) is 0 Å². The summed E-state index contributed by atoms with van der Waals surface area (Å²) in [5.74, 6) is -56.1. The fourth-order valence-electron chi connectivity index (χ4n) is 1.92. The molecule has 29 heavy (non-hydrogen) atoms. The molecule has 174 valence electrons. The van der Waals surface area contributed by atoms with Crippen LogP contribution < -0.4 is 0 Å². The summed E-state index contributed by atoms with van der Waals surface area (Å²) in [6, 6.07) is 0. The van der Waals surface area contributed by atoms with E-state index in [4.69, 9.17) is 0 Å². The van der Waals surface area contributed by atoms with E-state index in [0.29, 0.717) is 6.92 Å². The first-order chi connectivity index (χ1) is 12.3. The molecule has 0 aliphatic carbocycles. The Morgan fingerprint density at radius 3 is 0.931 bits per heavy atom. The van der Waals surface area contributed by atoms with E-state index in [0.717, 1.165) is 0 Å². The van der Waals surface area contributed by atoms with Crippen molar-refractivity contribution in [2.24, 2.45) is 0 Å². The molecule has 0 N–H and O–H groups in total. The van der Waals surface area contributed by atoms with Crippen LogP contribution in [0.3, 0.4) is 0 Å². The van der Waals surface area contributed by atoms with Crippen molar-refractivity contribution in [3.63, 3.8) is 0 Å². The molecule has 0 saturated carbocycles. The van der Waals surface area contributed by atoms with Crippen LogP contribution in [0.15, 0.2) is 0 Å². The first kappa shape index (κ1) is 25.8. The highest BCUT2D eigenvalue weighted by molar-refractivity contribution is 5.17. The quantitative estimate of drug-likeness (QED) is 0.335. The predicted octanol–water partition coefficient (Wildman–Crippen LogP) is 5.78. The van der Waals surface area contributed by atoms with Crippen LogP contribution in [0.25, 0.3) is 0 Å². The predicted molar refractivity (Wildman–Crippen MR) is 55.0 cm³/mol. The summed E-state index contributed by atoms with van der Waals surface area (Å²) in [5.41, 5.74) is 0. The molecule has 1 saturated heterocycles. The van der Waals surface area contributed by atoms with E-state index in [2.05, 4.69) is 4.74 Å². The largest absolute Gasteiger partial charge is 0.460 e. The summed E-state index contributed by atoms with van der Waals surface area (Å²) in [6.07, 6.45) is -13.1. The second kappa shape index (κ2) is 6.15. The number of epoxide rings is 1. The lowest BCUT2D eigenvalue weighted by Gasteiger charge is -2.42. The van der Waals surface area contributed by atoms with Gasteiger partial charge in [0.15, 0.2) is 6.10 Å². The Hall–Kier alpha value is -1.23. The lowest BCUT2D eigenvalue weighted by molar-refractivity contribution is -0.462. The zero-order chi connectivity index (χ0) is 23.9. The first-order valence-corrected chi connectivity index (χ1v) is 6.63. The molecule has 0 aromatic rings. The number of ether oxygens (including phenoxy) is 1. The zero-order valence-electron chi connectivity index (χ0n) is 13.0. The first-order valence-electron chi connectivity index (χ1n) is 6.63. The van der Waals surface area contributed by atoms with Crippen molar-refractivity contribution in [3.8, 4) is 0 Å². The van der Waals surface area contributed by atoms with Gasteiger partial charge in [-0.2, -0.15) is 74.6 Å². The minimum Gasteiger partial charge on any atom is -0.363 e. The molecule has 1 heterocycles. The smallest absolute Gasteiger partial charge is 0.363 e. The number of hydrogen-bond acceptors (Lipinski definition) is 1. The van der Waals surface area contributed by atoms with Gasteiger partial charge >= 0.3 is 47.6 Å². The van der Waals surface area contributed by atoms with Gasteiger partial charge in [0, 0.05) is 0 Å². The van der Waals surface area contributed by atoms with E-state index >= 15 is 0 Å². The van der Waals surface area contributed by atoms with Gasteiger partial charge in [-0.15, -0.1) is 0 Å². The van der Waals surface area contributed by atoms with Crippen LogP contribution in [-0.2, 0) is 4.74 Å². The maximum absolute atomic E-state index is 13.3. The van der Waals surface area contributed by atoms with Crippen molar-refractivity contribution in [1.82, 2.24) is 0 Å². The van der Waals surface area contributed by atoms with Gasteiger partial charge in [0.2, 0.25) is 0 Å². The highest BCUT2D eigenvalue weighted by Gasteiger charge is 2.96. The molecule has 0 amide bonds. The van der Waals surface area contributed by atoms with Crippen LogP contribution >= 0.6 is 0 Å². The molecule has 0 spiro atoms. The second-order valence-electron chi connectivity index (χ2n) is 5.83. The van der Waals surface area contributed by atoms with E-state index in [9.17, 15) is 74.6 Å². The molecular formula is C11H5F17O. The van der Waals surface area contributed by atoms with Crippen LogP contribution in [0.1, 0.15) is 6.92 Å². The number of alkyl halides is 17. The summed E-state index contributed by atoms with van der Waals surface area (Å²) in [4.78, 5) is 0. The van der Waals surface area contributed by atoms with Crippen LogP contribution in [0.4, 0.5) is 74.6 Å². The van der Waals surface area contributed by atoms with Crippen molar-refractivity contribution in [2.75, 3.05) is 0 Å². The van der Waals surface area contributed by atoms with E-state index in [1.165, 1.54) is 0 Å². The summed E-state index contributed by atoms with van der Waals surface area (Å²) in [5, 5.41) is 0. The summed E-state index contributed by atoms with van der Waals surface area (Å²) in [6.45, 7) is 0.484. The highest BCUT2D eigenvalue weighted by atomic mass is 19.4. The van der Waals surface area contributed by atoms with Gasteiger partial charge in [0.25, 0.3) is 0 Å². The molecule has 0 aromatic carbocycles. The van der Waals surface area contributed by atoms with Crippen molar-refractivity contribution < 1.29 is 79.4 Å². The SMILES string of the molecule is CC1OC1C(F)(F)C(F)(F)C(F)(F)C(F)(F)C(F)(F)C(F)(F)C(F)(F)C(F)(F)F. The minimum absolute atomic E-state index is 0.484. The van der Waals surface area contributed by atoms with Gasteiger partial charge < -0.3 is 4.74 Å². The van der Waals surface area contributed by atoms with E-state index in [-0.39, 0.29) is 0 Å². The van der Waals surface area contributed by atoms with Crippen molar-refractivity contribution in [2.45, 2.75) is 66.8 Å². The monoisotopic (exact) mass is 476 g/mol. The molecule has 1 aliphatic rings. The molecule has 1 rings (SSSR count). The topological polar surface area (TPSA) is 12.5 Å². The maximum Gasteiger partial charge on any atom is 0.460 e. The van der Waals surface area contributed by atoms with Crippen LogP contribution in [0, 0.1) is 0 Å². The van der Waals surface area contributed by atoms with Gasteiger partial charge in [-0.3, -0.25) is 0 Å². The molecule has 18 heteroatoms. The number of halogens is 17. The normalized spacial score (nSPS) is 23.4. The number of hydrogen-bond donors (Lipinski definition) is 0. The maximum atomic E-state index is 13.3. The van der Waals surface area contributed by atoms with Crippen molar-refractivity contribution in [1.29, 1.82) is 0 Å². The van der Waals surface area contributed by atoms with E-state index < -0.39 is 59.8 Å². The highest BCUT2D eigenvalue weighted by Crippen LogP contribution is 2.65. The van der Waals surface area contributed by atoms with Crippen LogP contribution in [0.5, 0.6) is 0 Å². The zero-order valence-corrected chi connectivity index (χ0v) is 13.0. The molecule has 1 aliphatic heterocycles. The molecule has 0 bridgehead atoms. The summed E-state index contributed by atoms with van der Waals surface area (Å²) in [7, 11) is 0. The molecule has 0 aromatic heterocycles. The third-order valence-electron chi connectivity index (χ3n) is 3.81. The average Bonchev–Trinajstić information content (AvgIpc) is 3.22. The molecule has 1 fully saturated rings. The van der Waals surface area contributed by atoms with Crippen molar-refractivity contribution in [3.05, 3.63) is 0 Å². The molecule has 2 unspecified atom stereocenters. The van der Waals surface area contributed by atoms with Gasteiger partial charge in [0.05, 0.1) is 6.10 Å². The molecule has 1 nitrogen and oxygen atoms in total. The van der Waals surface area contributed by atoms with E-state index in [1.54, 1.807) is 0 Å². The van der Waals surface area contributed by atoms with Gasteiger partial charge in [-0.05, 0) is 6.92 Å². The Bertz CT molecular complexity index is 632. The Morgan fingerprint density at radius 1 is 0.448 bits per heavy atom. The Kier molecular flexibility index (Phi) is 5.47. The van der Waals surface area contributed by atoms with Gasteiger partial charge in [0.1, 0.15) is 0 Å². The Balaban J connectivity index is 3.58. The van der Waals surface area contributed by atoms with Gasteiger partial charge in [-0.1, -0.05) is 0 Å². The fourth-order valence-corrected chi connectivity index (χ4v) is 1.92. The minimum atomic E-state index is -8.60. The van der Waals surface area contributed by atoms with E-state index in [1.807, 2.05) is 0 Å². The van der Waals surface area contributed by atoms with Gasteiger partial charge in [-0.25, -0.2) is 0 Å². The standard InChI is InChI=1S/C11H5F17O/c1-2-3(29-2)4(12,13)5(14,15)6(16,17)7(18,19)8(20,21)9(22,23)10(24,25)11(26,27)28/h2-3H,1H3. The lowest BCUT2D eigenvalue weighted by atomic mass is 9.88. The Labute approximate surface area is 147 Å². The second-order valence-corrected chi connectivity index (χ2v) is 5.83. The molecule has 2 atom stereocenters. The third-order valence-corrected chi connectivity index (χ3v) is 3.81. The summed E-state index contributed by atoms with van der Waals surface area (Å²) < 4.78 is 223. The number of rotatable bonds is 7. The average molecular weight is 476 g/mol. The van der Waals surface area contributed by atoms with Crippen LogP contribution in [-0.4, -0.2) is 59.8 Å². The lowest BCUT2D eigenvalue weighted by Crippen LogP contribution is -2.74. The van der Waals surface area contributed by atoms with Crippen molar-refractivity contribution >= 4 is 0 Å². The summed E-state index contributed by atoms with van der Waals surface area (Å²) >= 11 is 0. The fraction of sp³-hybridized carbons (Fsp3) is 1.00. The Morgan fingerprint density at radius 2 is 0.690 bits per heavy atom.